The zero-order valence-electron chi connectivity index (χ0n) is 11.8. The van der Waals surface area contributed by atoms with Crippen molar-refractivity contribution in [2.24, 2.45) is 5.14 Å². The van der Waals surface area contributed by atoms with Crippen LogP contribution in [0.15, 0.2) is 23.1 Å². The van der Waals surface area contributed by atoms with Gasteiger partial charge in [-0.25, -0.2) is 13.6 Å². The molecule has 1 aromatic rings. The summed E-state index contributed by atoms with van der Waals surface area (Å²) in [6.07, 6.45) is 1.19. The molecule has 0 aliphatic carbocycles. The van der Waals surface area contributed by atoms with Crippen molar-refractivity contribution in [3.05, 3.63) is 23.8 Å². The Kier molecular flexibility index (Phi) is 5.52. The van der Waals surface area contributed by atoms with E-state index in [2.05, 4.69) is 5.32 Å². The Balaban J connectivity index is 3.06. The lowest BCUT2D eigenvalue weighted by Gasteiger charge is -2.16. The Morgan fingerprint density at radius 1 is 1.45 bits per heavy atom. The van der Waals surface area contributed by atoms with Gasteiger partial charge in [0, 0.05) is 6.42 Å². The standard InChI is InChI=1S/C13H20N2O4S/c1-4-5-13(16)15-9(2)10-6-7-11(19-3)12(8-10)20(14,17)18/h6-9H,4-5H2,1-3H3,(H,15,16)(H2,14,17,18). The number of rotatable bonds is 6. The fraction of sp³-hybridized carbons (Fsp3) is 0.462. The summed E-state index contributed by atoms with van der Waals surface area (Å²) in [6, 6.07) is 4.34. The molecule has 1 unspecified atom stereocenters. The third-order valence-electron chi connectivity index (χ3n) is 2.85. The lowest BCUT2D eigenvalue weighted by Crippen LogP contribution is -2.26. The highest BCUT2D eigenvalue weighted by molar-refractivity contribution is 7.89. The van der Waals surface area contributed by atoms with Crippen molar-refractivity contribution in [2.45, 2.75) is 37.6 Å². The summed E-state index contributed by atoms with van der Waals surface area (Å²) in [7, 11) is -2.51. The normalized spacial score (nSPS) is 12.8. The quantitative estimate of drug-likeness (QED) is 0.827. The molecule has 0 saturated heterocycles. The van der Waals surface area contributed by atoms with Crippen LogP contribution < -0.4 is 15.2 Å². The van der Waals surface area contributed by atoms with E-state index < -0.39 is 10.0 Å². The molecule has 0 heterocycles. The van der Waals surface area contributed by atoms with Crippen LogP contribution in [0.25, 0.3) is 0 Å². The molecule has 1 rings (SSSR count). The second kappa shape index (κ2) is 6.71. The topological polar surface area (TPSA) is 98.5 Å². The van der Waals surface area contributed by atoms with E-state index in [4.69, 9.17) is 9.88 Å². The van der Waals surface area contributed by atoms with Crippen LogP contribution in [0.1, 0.15) is 38.3 Å². The van der Waals surface area contributed by atoms with Crippen LogP contribution in [0.4, 0.5) is 0 Å². The van der Waals surface area contributed by atoms with Gasteiger partial charge in [-0.1, -0.05) is 13.0 Å². The second-order valence-corrected chi connectivity index (χ2v) is 6.02. The average Bonchev–Trinajstić information content (AvgIpc) is 2.37. The molecular weight excluding hydrogens is 280 g/mol. The van der Waals surface area contributed by atoms with Gasteiger partial charge in [0.15, 0.2) is 0 Å². The molecule has 7 heteroatoms. The first-order valence-electron chi connectivity index (χ1n) is 6.29. The predicted molar refractivity (Wildman–Crippen MR) is 75.8 cm³/mol. The number of sulfonamides is 1. The van der Waals surface area contributed by atoms with E-state index in [1.54, 1.807) is 13.0 Å². The Hall–Kier alpha value is -1.60. The van der Waals surface area contributed by atoms with E-state index in [0.29, 0.717) is 12.0 Å². The third-order valence-corrected chi connectivity index (χ3v) is 3.78. The van der Waals surface area contributed by atoms with Gasteiger partial charge in [0.2, 0.25) is 15.9 Å². The summed E-state index contributed by atoms with van der Waals surface area (Å²) in [6.45, 7) is 3.69. The van der Waals surface area contributed by atoms with Crippen molar-refractivity contribution in [1.82, 2.24) is 5.32 Å². The summed E-state index contributed by atoms with van der Waals surface area (Å²) >= 11 is 0. The maximum atomic E-state index is 11.6. The Bertz CT molecular complexity index is 584. The number of methoxy groups -OCH3 is 1. The van der Waals surface area contributed by atoms with E-state index in [9.17, 15) is 13.2 Å². The molecule has 0 saturated carbocycles. The van der Waals surface area contributed by atoms with Crippen molar-refractivity contribution in [3.63, 3.8) is 0 Å². The fourth-order valence-electron chi connectivity index (χ4n) is 1.81. The number of carbonyl (C=O) groups is 1. The molecule has 3 N–H and O–H groups in total. The molecule has 0 aliphatic rings. The zero-order chi connectivity index (χ0) is 15.3. The molecule has 0 spiro atoms. The number of carbonyl (C=O) groups excluding carboxylic acids is 1. The summed E-state index contributed by atoms with van der Waals surface area (Å²) in [5.74, 6) is 0.108. The van der Waals surface area contributed by atoms with Gasteiger partial charge in [0.1, 0.15) is 10.6 Å². The maximum Gasteiger partial charge on any atom is 0.241 e. The van der Waals surface area contributed by atoms with E-state index >= 15 is 0 Å². The molecular formula is C13H20N2O4S. The van der Waals surface area contributed by atoms with E-state index in [1.165, 1.54) is 19.2 Å². The molecule has 0 bridgehead atoms. The number of hydrogen-bond donors (Lipinski definition) is 2. The van der Waals surface area contributed by atoms with E-state index in [0.717, 1.165) is 6.42 Å². The number of amides is 1. The molecule has 20 heavy (non-hydrogen) atoms. The number of nitrogens with two attached hydrogens (primary N) is 1. The van der Waals surface area contributed by atoms with Gasteiger partial charge in [-0.2, -0.15) is 0 Å². The first-order valence-corrected chi connectivity index (χ1v) is 7.84. The van der Waals surface area contributed by atoms with Crippen LogP contribution in [0.2, 0.25) is 0 Å². The van der Waals surface area contributed by atoms with Crippen molar-refractivity contribution < 1.29 is 17.9 Å². The number of nitrogens with one attached hydrogen (secondary N) is 1. The lowest BCUT2D eigenvalue weighted by atomic mass is 10.1. The molecule has 112 valence electrons. The second-order valence-electron chi connectivity index (χ2n) is 4.49. The number of benzene rings is 1. The van der Waals surface area contributed by atoms with Crippen molar-refractivity contribution in [2.75, 3.05) is 7.11 Å². The summed E-state index contributed by atoms with van der Waals surface area (Å²) in [4.78, 5) is 11.5. The largest absolute Gasteiger partial charge is 0.495 e. The van der Waals surface area contributed by atoms with Gasteiger partial charge in [-0.3, -0.25) is 4.79 Å². The maximum absolute atomic E-state index is 11.6. The number of primary sulfonamides is 1. The van der Waals surface area contributed by atoms with Crippen LogP contribution >= 0.6 is 0 Å². The summed E-state index contributed by atoms with van der Waals surface area (Å²) < 4.78 is 28.0. The first-order chi connectivity index (χ1) is 9.29. The lowest BCUT2D eigenvalue weighted by molar-refractivity contribution is -0.121. The van der Waals surface area contributed by atoms with Gasteiger partial charge in [-0.05, 0) is 31.0 Å². The first kappa shape index (κ1) is 16.5. The molecule has 1 amide bonds. The van der Waals surface area contributed by atoms with Crippen molar-refractivity contribution in [1.29, 1.82) is 0 Å². The smallest absolute Gasteiger partial charge is 0.241 e. The van der Waals surface area contributed by atoms with Crippen LogP contribution in [-0.2, 0) is 14.8 Å². The van der Waals surface area contributed by atoms with E-state index in [-0.39, 0.29) is 22.6 Å². The molecule has 1 aromatic carbocycles. The molecule has 0 aliphatic heterocycles. The number of hydrogen-bond acceptors (Lipinski definition) is 4. The van der Waals surface area contributed by atoms with Crippen LogP contribution in [0, 0.1) is 0 Å². The molecule has 6 nitrogen and oxygen atoms in total. The van der Waals surface area contributed by atoms with E-state index in [1.807, 2.05) is 6.92 Å². The highest BCUT2D eigenvalue weighted by Gasteiger charge is 2.18. The van der Waals surface area contributed by atoms with Gasteiger partial charge in [-0.15, -0.1) is 0 Å². The Morgan fingerprint density at radius 3 is 2.60 bits per heavy atom. The molecule has 0 fully saturated rings. The monoisotopic (exact) mass is 300 g/mol. The molecule has 1 atom stereocenters. The minimum absolute atomic E-state index is 0.0760. The van der Waals surface area contributed by atoms with Gasteiger partial charge in [0.25, 0.3) is 0 Å². The third kappa shape index (κ3) is 4.21. The van der Waals surface area contributed by atoms with Crippen LogP contribution in [0.3, 0.4) is 0 Å². The minimum Gasteiger partial charge on any atom is -0.495 e. The number of ether oxygens (including phenoxy) is 1. The SMILES string of the molecule is CCCC(=O)NC(C)c1ccc(OC)c(S(N)(=O)=O)c1. The Morgan fingerprint density at radius 2 is 2.10 bits per heavy atom. The fourth-order valence-corrected chi connectivity index (χ4v) is 2.54. The zero-order valence-corrected chi connectivity index (χ0v) is 12.7. The predicted octanol–water partition coefficient (Wildman–Crippen LogP) is 1.32. The molecule has 0 radical (unpaired) electrons. The Labute approximate surface area is 119 Å². The highest BCUT2D eigenvalue weighted by atomic mass is 32.2. The molecule has 0 aromatic heterocycles. The van der Waals surface area contributed by atoms with Crippen molar-refractivity contribution >= 4 is 15.9 Å². The summed E-state index contributed by atoms with van der Waals surface area (Å²) in [5.41, 5.74) is 0.652. The van der Waals surface area contributed by atoms with Crippen molar-refractivity contribution in [3.8, 4) is 5.75 Å². The van der Waals surface area contributed by atoms with Gasteiger partial charge >= 0.3 is 0 Å². The van der Waals surface area contributed by atoms with Gasteiger partial charge < -0.3 is 10.1 Å². The van der Waals surface area contributed by atoms with Crippen LogP contribution in [0.5, 0.6) is 5.75 Å². The minimum atomic E-state index is -3.88. The van der Waals surface area contributed by atoms with Crippen LogP contribution in [-0.4, -0.2) is 21.4 Å². The van der Waals surface area contributed by atoms with Gasteiger partial charge in [0.05, 0.1) is 13.2 Å². The average molecular weight is 300 g/mol. The summed E-state index contributed by atoms with van der Waals surface area (Å²) in [5, 5.41) is 7.95. The highest BCUT2D eigenvalue weighted by Crippen LogP contribution is 2.26.